The van der Waals surface area contributed by atoms with E-state index in [-0.39, 0.29) is 109 Å². The van der Waals surface area contributed by atoms with E-state index in [0.717, 1.165) is 5.39 Å². The van der Waals surface area contributed by atoms with Crippen LogP contribution in [0.4, 0.5) is 23.3 Å². The number of ketones is 4. The van der Waals surface area contributed by atoms with Gasteiger partial charge in [0.2, 0.25) is 0 Å². The Morgan fingerprint density at radius 3 is 0.881 bits per heavy atom. The lowest BCUT2D eigenvalue weighted by Gasteiger charge is -2.37. The van der Waals surface area contributed by atoms with Crippen LogP contribution in [0.1, 0.15) is 168 Å². The number of carbonyl (C=O) groups excluding carboxylic acids is 8. The van der Waals surface area contributed by atoms with Gasteiger partial charge in [0, 0.05) is 101 Å². The number of hydrogen-bond donors (Lipinski definition) is 10. The van der Waals surface area contributed by atoms with Gasteiger partial charge in [-0.3, -0.25) is 19.2 Å². The minimum atomic E-state index is -2.29. The third-order valence-corrected chi connectivity index (χ3v) is 34.0. The van der Waals surface area contributed by atoms with Gasteiger partial charge in [0.15, 0.2) is 113 Å². The summed E-state index contributed by atoms with van der Waals surface area (Å²) in [5.74, 6) is -0.174. The molecule has 0 amide bonds. The molecule has 8 aliphatic rings. The topological polar surface area (TPSA) is 640 Å². The molecule has 4 unspecified atom stereocenters. The predicted octanol–water partition coefficient (Wildman–Crippen LogP) is 2.19. The fourth-order valence-electron chi connectivity index (χ4n) is 15.7. The summed E-state index contributed by atoms with van der Waals surface area (Å²) in [4.78, 5) is 132. The maximum absolute atomic E-state index is 13.0. The summed E-state index contributed by atoms with van der Waals surface area (Å²) in [7, 11) is 2.56. The Hall–Kier alpha value is -11.9. The average molecular weight is 1900 g/mol. The minimum Gasteiger partial charge on any atom is -0.455 e. The summed E-state index contributed by atoms with van der Waals surface area (Å²) in [6.45, 7) is 26.0. The zero-order chi connectivity index (χ0) is 97.7. The lowest BCUT2D eigenvalue weighted by atomic mass is 10.1. The van der Waals surface area contributed by atoms with Crippen LogP contribution in [0.25, 0.3) is 44.1 Å². The van der Waals surface area contributed by atoms with Crippen LogP contribution in [-0.4, -0.2) is 304 Å². The summed E-state index contributed by atoms with van der Waals surface area (Å²) >= 11 is 0. The van der Waals surface area contributed by atoms with Crippen LogP contribution >= 0.6 is 0 Å². The highest BCUT2D eigenvalue weighted by Gasteiger charge is 2.55. The molecule has 8 aromatic heterocycles. The van der Waals surface area contributed by atoms with Crippen molar-refractivity contribution in [3.05, 3.63) is 72.4 Å². The van der Waals surface area contributed by atoms with E-state index in [9.17, 15) is 69.0 Å². The van der Waals surface area contributed by atoms with Gasteiger partial charge in [-0.05, 0) is 64.0 Å². The molecule has 48 nitrogen and oxygen atoms in total. The highest BCUT2D eigenvalue weighted by molar-refractivity contribution is 6.74. The molecular weight excluding hydrogens is 1790 g/mol. The van der Waals surface area contributed by atoms with E-state index in [4.69, 9.17) is 69.7 Å². The number of aliphatic hydroxyl groups is 6. The number of esters is 4. The number of nitrogens with zero attached hydrogens (tertiary/aromatic N) is 20. The molecule has 4 fully saturated rings. The monoisotopic (exact) mass is 1900 g/mol. The summed E-state index contributed by atoms with van der Waals surface area (Å²) in [5.41, 5.74) is 28.8. The molecule has 8 aromatic rings. The van der Waals surface area contributed by atoms with E-state index in [1.807, 2.05) is 0 Å². The predicted molar refractivity (Wildman–Crippen MR) is 486 cm³/mol. The van der Waals surface area contributed by atoms with Crippen molar-refractivity contribution in [2.75, 3.05) is 74.7 Å². The highest BCUT2D eigenvalue weighted by atomic mass is 28.4. The van der Waals surface area contributed by atoms with E-state index >= 15 is 0 Å². The summed E-state index contributed by atoms with van der Waals surface area (Å²) in [6.07, 6.45) is -5.04. The first-order valence-electron chi connectivity index (χ1n) is 43.4. The maximum Gasteiger partial charge on any atom is 0.306 e. The number of anilines is 4. The molecule has 0 spiro atoms. The Bertz CT molecular complexity index is 5960. The smallest absolute Gasteiger partial charge is 0.306 e. The highest BCUT2D eigenvalue weighted by Crippen LogP contribution is 2.47. The van der Waals surface area contributed by atoms with Crippen molar-refractivity contribution in [3.8, 4) is 0 Å². The first kappa shape index (κ1) is 99.5. The SMILES string of the molecule is CC(=O)CCC(=O)OC1[C@@H](CO)O[C@@H](n2cc3c4c(ncnc42)N(C)N=C3N)[C@H]1OC(=O)CCC(C)=O.CC(=O)CCC(=O)OC1[C@@H](CO[Si](C)(C)C(C)(C)C)O[C@@H](n2cc3c4c(ncnc42)N(C)N=C3N)[C@H]1OC(=O)CCC(C)=O.CN1N=C(N)c2cn([C@@H]3O[C@H](CO)C(O)[C@@H]3O)c3ncnc1c23.CN1N=C(N)c2cn([C@@H]3O[C@H](CO[Si](C)(C)C(C)(C)C)C(O)[C@@H]3O)c3ncnc1c23. The number of ether oxygens (including phenoxy) is 8. The second-order valence-electron chi connectivity index (χ2n) is 36.8. The maximum atomic E-state index is 13.0. The number of nitrogens with two attached hydrogens (primary N) is 4. The number of aromatic nitrogens is 12. The lowest BCUT2D eigenvalue weighted by molar-refractivity contribution is -0.169. The van der Waals surface area contributed by atoms with E-state index in [0.29, 0.717) is 95.9 Å². The largest absolute Gasteiger partial charge is 0.455 e. The number of hydrogen-bond acceptors (Lipinski definition) is 44. The zero-order valence-corrected chi connectivity index (χ0v) is 79.6. The molecule has 0 aliphatic carbocycles. The van der Waals surface area contributed by atoms with Crippen LogP contribution in [0.5, 0.6) is 0 Å². The van der Waals surface area contributed by atoms with Crippen molar-refractivity contribution < 1.29 is 116 Å². The van der Waals surface area contributed by atoms with Crippen LogP contribution in [0, 0.1) is 0 Å². The molecular formula is C84H116N24O24Si2. The van der Waals surface area contributed by atoms with Crippen LogP contribution < -0.4 is 43.0 Å². The van der Waals surface area contributed by atoms with Gasteiger partial charge in [0.05, 0.1) is 73.7 Å². The van der Waals surface area contributed by atoms with Crippen molar-refractivity contribution in [1.29, 1.82) is 0 Å². The second-order valence-corrected chi connectivity index (χ2v) is 46.4. The number of hydrazone groups is 4. The van der Waals surface area contributed by atoms with Gasteiger partial charge in [-0.25, -0.2) is 59.9 Å². The third-order valence-electron chi connectivity index (χ3n) is 25.0. The van der Waals surface area contributed by atoms with Gasteiger partial charge >= 0.3 is 23.9 Å². The Balaban J connectivity index is 0.000000155. The van der Waals surface area contributed by atoms with Crippen LogP contribution in [-0.2, 0) is 85.1 Å². The van der Waals surface area contributed by atoms with E-state index < -0.39 is 152 Å². The van der Waals surface area contributed by atoms with Gasteiger partial charge < -0.3 is 138 Å². The summed E-state index contributed by atoms with van der Waals surface area (Å²) < 4.78 is 66.5. The summed E-state index contributed by atoms with van der Waals surface area (Å²) in [5, 5.41) is 86.6. The fraction of sp³-hybridized carbons (Fsp3) is 0.571. The second kappa shape index (κ2) is 39.6. The number of carbonyl (C=O) groups is 8. The molecule has 0 aromatic carbocycles. The fourth-order valence-corrected chi connectivity index (χ4v) is 17.7. The van der Waals surface area contributed by atoms with E-state index in [2.05, 4.69) is 128 Å². The van der Waals surface area contributed by atoms with Crippen LogP contribution in [0.2, 0.25) is 36.3 Å². The third kappa shape index (κ3) is 20.2. The Morgan fingerprint density at radius 2 is 0.604 bits per heavy atom. The lowest BCUT2D eigenvalue weighted by Crippen LogP contribution is -2.46. The van der Waals surface area contributed by atoms with Crippen LogP contribution in [0.3, 0.4) is 0 Å². The first-order chi connectivity index (χ1) is 63.0. The molecule has 0 radical (unpaired) electrons. The number of aliphatic hydroxyl groups excluding tert-OH is 6. The summed E-state index contributed by atoms with van der Waals surface area (Å²) in [6, 6.07) is 0. The van der Waals surface area contributed by atoms with Crippen molar-refractivity contribution in [1.82, 2.24) is 58.1 Å². The molecule has 724 valence electrons. The van der Waals surface area contributed by atoms with Crippen molar-refractivity contribution in [2.45, 2.75) is 255 Å². The zero-order valence-electron chi connectivity index (χ0n) is 77.6. The molecule has 4 saturated heterocycles. The molecule has 16 atom stereocenters. The number of rotatable bonds is 28. The molecule has 0 bridgehead atoms. The van der Waals surface area contributed by atoms with Crippen molar-refractivity contribution in [3.63, 3.8) is 0 Å². The number of amidine groups is 4. The van der Waals surface area contributed by atoms with Crippen molar-refractivity contribution in [2.24, 2.45) is 43.3 Å². The van der Waals surface area contributed by atoms with E-state index in [1.54, 1.807) is 86.3 Å². The van der Waals surface area contributed by atoms with Gasteiger partial charge in [0.25, 0.3) is 0 Å². The normalized spacial score (nSPS) is 24.6. The van der Waals surface area contributed by atoms with Gasteiger partial charge in [-0.15, -0.1) is 0 Å². The first-order valence-corrected chi connectivity index (χ1v) is 49.2. The Labute approximate surface area is 770 Å². The quantitative estimate of drug-likeness (QED) is 0.0191. The van der Waals surface area contributed by atoms with Gasteiger partial charge in [-0.2, -0.15) is 20.4 Å². The molecule has 16 rings (SSSR count). The van der Waals surface area contributed by atoms with Crippen molar-refractivity contribution >= 4 is 154 Å². The molecule has 14 N–H and O–H groups in total. The van der Waals surface area contributed by atoms with Gasteiger partial charge in [0.1, 0.15) is 120 Å². The number of Topliss-reactive ketones (excluding diaryl/α,β-unsaturated/α-hetero) is 4. The molecule has 50 heteroatoms. The standard InChI is InChI=1S/C29H42N6O8Si.C23H28N6O8.C19H30N6O4Si.C13H16N6O4/c1-16(36)9-11-20(38)42-23-19(14-40-44(7,8)29(3,4)5)41-28(24(23)43-21(39)12-10-17(2)37)35-13-18-22-26(31-15-32-27(22)35)34(6)33-25(18)30;1-11(31)4-6-15(33)36-18-14(9-30)35-23(19(18)37-16(34)7-5-12(2)32)29-8-13-17-21(25-10-26-22(17)29)28(3)27-20(13)24;1-19(2,3)30(5,6)28-8-11-13(26)14(27)18(29-11)25-7-10-12-16(21-9-22-17(12)25)24(4)23-15(10)20;1-18-11-7-5(10(14)17-18)2-19(12(7)16-4-15-11)13-9(22)8(21)6(3-20)23-13/h13,15,19,23-24,28H,9-12,14H2,1-8H3,(H2,30,33);8,10,14,18-19,23,30H,4-7,9H2,1-3H3,(H2,24,27);7,9,11,13-14,18,26-27H,8H2,1-6H3,(H2,20,23);2,4,6,8-9,13,20-22H,3H2,1H3,(H2,14,17)/t19-,23?,24+,28-;14-,18?,19+,23-;11-,13?,14+,18-;6-,8?,9+,13-/m1111/s1. The van der Waals surface area contributed by atoms with Crippen LogP contribution in [0.15, 0.2) is 70.5 Å². The van der Waals surface area contributed by atoms with E-state index in [1.165, 1.54) is 58.0 Å². The molecule has 16 heterocycles. The Kier molecular flexibility index (Phi) is 29.4. The average Bonchev–Trinajstić information content (AvgIpc) is 1.60. The minimum absolute atomic E-state index is 0.00145. The Morgan fingerprint density at radius 1 is 0.358 bits per heavy atom. The molecule has 0 saturated carbocycles. The molecule has 8 aliphatic heterocycles. The molecule has 134 heavy (non-hydrogen) atoms. The van der Waals surface area contributed by atoms with Gasteiger partial charge in [-0.1, -0.05) is 41.5 Å².